The molecule has 1 heterocycles. The van der Waals surface area contributed by atoms with E-state index in [1.807, 2.05) is 43.7 Å². The summed E-state index contributed by atoms with van der Waals surface area (Å²) in [7, 11) is 1.87. The summed E-state index contributed by atoms with van der Waals surface area (Å²) in [6, 6.07) is 14.7. The van der Waals surface area contributed by atoms with Crippen LogP contribution in [0.15, 0.2) is 60.9 Å². The van der Waals surface area contributed by atoms with Crippen molar-refractivity contribution in [2.45, 2.75) is 6.04 Å². The molecule has 2 aromatic carbocycles. The quantitative estimate of drug-likeness (QED) is 0.782. The van der Waals surface area contributed by atoms with E-state index in [-0.39, 0.29) is 11.9 Å². The lowest BCUT2D eigenvalue weighted by Crippen LogP contribution is -2.18. The molecule has 0 fully saturated rings. The standard InChI is InChI=1S/C17H15FN2/c1-19-17(12-6-4-7-14(18)9-12)16-11-20-10-13-5-2-3-8-15(13)16/h2-11,17,19H,1H3. The maximum atomic E-state index is 13.5. The lowest BCUT2D eigenvalue weighted by atomic mass is 9.96. The lowest BCUT2D eigenvalue weighted by molar-refractivity contribution is 0.617. The second-order valence-electron chi connectivity index (χ2n) is 4.73. The summed E-state index contributed by atoms with van der Waals surface area (Å²) in [5.41, 5.74) is 1.95. The third-order valence-corrected chi connectivity index (χ3v) is 3.48. The Morgan fingerprint density at radius 3 is 2.70 bits per heavy atom. The van der Waals surface area contributed by atoms with Crippen molar-refractivity contribution in [3.63, 3.8) is 0 Å². The molecule has 0 spiro atoms. The third kappa shape index (κ3) is 2.28. The van der Waals surface area contributed by atoms with Crippen LogP contribution in [0.2, 0.25) is 0 Å². The lowest BCUT2D eigenvalue weighted by Gasteiger charge is -2.18. The van der Waals surface area contributed by atoms with Gasteiger partial charge in [-0.2, -0.15) is 0 Å². The predicted molar refractivity (Wildman–Crippen MR) is 79.0 cm³/mol. The fourth-order valence-corrected chi connectivity index (χ4v) is 2.56. The van der Waals surface area contributed by atoms with Crippen LogP contribution in [0.5, 0.6) is 0 Å². The monoisotopic (exact) mass is 266 g/mol. The van der Waals surface area contributed by atoms with Gasteiger partial charge < -0.3 is 5.32 Å². The van der Waals surface area contributed by atoms with Crippen LogP contribution in [0.4, 0.5) is 4.39 Å². The maximum Gasteiger partial charge on any atom is 0.123 e. The van der Waals surface area contributed by atoms with Gasteiger partial charge in [0.05, 0.1) is 6.04 Å². The molecule has 1 unspecified atom stereocenters. The summed E-state index contributed by atoms with van der Waals surface area (Å²) in [6.45, 7) is 0. The van der Waals surface area contributed by atoms with Crippen LogP contribution in [0.3, 0.4) is 0 Å². The Kier molecular flexibility index (Phi) is 3.44. The van der Waals surface area contributed by atoms with E-state index < -0.39 is 0 Å². The molecule has 0 bridgehead atoms. The molecular formula is C17H15FN2. The van der Waals surface area contributed by atoms with E-state index in [2.05, 4.69) is 16.4 Å². The molecule has 2 nitrogen and oxygen atoms in total. The van der Waals surface area contributed by atoms with Crippen molar-refractivity contribution >= 4 is 10.8 Å². The average molecular weight is 266 g/mol. The van der Waals surface area contributed by atoms with Crippen molar-refractivity contribution < 1.29 is 4.39 Å². The first-order chi connectivity index (χ1) is 9.79. The van der Waals surface area contributed by atoms with E-state index in [0.717, 1.165) is 21.9 Å². The van der Waals surface area contributed by atoms with Crippen molar-refractivity contribution in [3.05, 3.63) is 77.9 Å². The second kappa shape index (κ2) is 5.39. The van der Waals surface area contributed by atoms with E-state index in [4.69, 9.17) is 0 Å². The minimum absolute atomic E-state index is 0.0794. The number of pyridine rings is 1. The highest BCUT2D eigenvalue weighted by atomic mass is 19.1. The number of benzene rings is 2. The van der Waals surface area contributed by atoms with Crippen LogP contribution in [0.1, 0.15) is 17.2 Å². The first kappa shape index (κ1) is 12.8. The summed E-state index contributed by atoms with van der Waals surface area (Å²) < 4.78 is 13.5. The van der Waals surface area contributed by atoms with Gasteiger partial charge >= 0.3 is 0 Å². The Morgan fingerprint density at radius 1 is 1.05 bits per heavy atom. The Morgan fingerprint density at radius 2 is 1.90 bits per heavy atom. The number of halogens is 1. The minimum Gasteiger partial charge on any atom is -0.309 e. The fraction of sp³-hybridized carbons (Fsp3) is 0.118. The van der Waals surface area contributed by atoms with Gasteiger partial charge in [-0.05, 0) is 35.7 Å². The number of hydrogen-bond acceptors (Lipinski definition) is 2. The number of rotatable bonds is 3. The van der Waals surface area contributed by atoms with Crippen LogP contribution in [-0.2, 0) is 0 Å². The number of fused-ring (bicyclic) bond motifs is 1. The molecular weight excluding hydrogens is 251 g/mol. The van der Waals surface area contributed by atoms with Gasteiger partial charge in [-0.15, -0.1) is 0 Å². The van der Waals surface area contributed by atoms with Crippen molar-refractivity contribution in [2.24, 2.45) is 0 Å². The number of aromatic nitrogens is 1. The molecule has 0 aliphatic carbocycles. The largest absolute Gasteiger partial charge is 0.309 e. The highest BCUT2D eigenvalue weighted by Crippen LogP contribution is 2.28. The molecule has 3 heteroatoms. The summed E-state index contributed by atoms with van der Waals surface area (Å²) in [5, 5.41) is 5.46. The first-order valence-corrected chi connectivity index (χ1v) is 6.55. The summed E-state index contributed by atoms with van der Waals surface area (Å²) >= 11 is 0. The summed E-state index contributed by atoms with van der Waals surface area (Å²) in [5.74, 6) is -0.226. The van der Waals surface area contributed by atoms with Gasteiger partial charge in [0.25, 0.3) is 0 Å². The molecule has 1 N–H and O–H groups in total. The molecule has 0 radical (unpaired) electrons. The molecule has 0 saturated carbocycles. The Labute approximate surface area is 117 Å². The average Bonchev–Trinajstić information content (AvgIpc) is 2.48. The highest BCUT2D eigenvalue weighted by Gasteiger charge is 2.15. The molecule has 100 valence electrons. The second-order valence-corrected chi connectivity index (χ2v) is 4.73. The van der Waals surface area contributed by atoms with Crippen molar-refractivity contribution in [2.75, 3.05) is 7.05 Å². The number of nitrogens with one attached hydrogen (secondary N) is 1. The van der Waals surface area contributed by atoms with E-state index in [9.17, 15) is 4.39 Å². The molecule has 0 saturated heterocycles. The van der Waals surface area contributed by atoms with Crippen LogP contribution < -0.4 is 5.32 Å². The fourth-order valence-electron chi connectivity index (χ4n) is 2.56. The molecule has 20 heavy (non-hydrogen) atoms. The predicted octanol–water partition coefficient (Wildman–Crippen LogP) is 3.68. The van der Waals surface area contributed by atoms with Crippen LogP contribution in [-0.4, -0.2) is 12.0 Å². The normalized spacial score (nSPS) is 12.5. The molecule has 0 aliphatic rings. The zero-order valence-corrected chi connectivity index (χ0v) is 11.2. The van der Waals surface area contributed by atoms with Gasteiger partial charge in [0.1, 0.15) is 5.82 Å². The Balaban J connectivity index is 2.17. The van der Waals surface area contributed by atoms with Crippen LogP contribution >= 0.6 is 0 Å². The SMILES string of the molecule is CNC(c1cccc(F)c1)c1cncc2ccccc12. The van der Waals surface area contributed by atoms with Crippen LogP contribution in [0.25, 0.3) is 10.8 Å². The maximum absolute atomic E-state index is 13.5. The third-order valence-electron chi connectivity index (χ3n) is 3.48. The van der Waals surface area contributed by atoms with Gasteiger partial charge in [-0.25, -0.2) is 4.39 Å². The highest BCUT2D eigenvalue weighted by molar-refractivity contribution is 5.85. The van der Waals surface area contributed by atoms with Gasteiger partial charge in [-0.3, -0.25) is 4.98 Å². The van der Waals surface area contributed by atoms with E-state index in [1.165, 1.54) is 6.07 Å². The van der Waals surface area contributed by atoms with Crippen molar-refractivity contribution in [3.8, 4) is 0 Å². The van der Waals surface area contributed by atoms with Gasteiger partial charge in [-0.1, -0.05) is 36.4 Å². The minimum atomic E-state index is -0.226. The van der Waals surface area contributed by atoms with Crippen LogP contribution in [0, 0.1) is 5.82 Å². The molecule has 1 aromatic heterocycles. The molecule has 3 aromatic rings. The van der Waals surface area contributed by atoms with E-state index >= 15 is 0 Å². The molecule has 3 rings (SSSR count). The van der Waals surface area contributed by atoms with E-state index in [1.54, 1.807) is 12.1 Å². The molecule has 0 aliphatic heterocycles. The van der Waals surface area contributed by atoms with Crippen molar-refractivity contribution in [1.29, 1.82) is 0 Å². The number of nitrogens with zero attached hydrogens (tertiary/aromatic N) is 1. The Bertz CT molecular complexity index is 734. The van der Waals surface area contributed by atoms with Gasteiger partial charge in [0.15, 0.2) is 0 Å². The Hall–Kier alpha value is -2.26. The smallest absolute Gasteiger partial charge is 0.123 e. The zero-order chi connectivity index (χ0) is 13.9. The van der Waals surface area contributed by atoms with Crippen molar-refractivity contribution in [1.82, 2.24) is 10.3 Å². The first-order valence-electron chi connectivity index (χ1n) is 6.55. The van der Waals surface area contributed by atoms with Gasteiger partial charge in [0, 0.05) is 17.8 Å². The van der Waals surface area contributed by atoms with Gasteiger partial charge in [0.2, 0.25) is 0 Å². The zero-order valence-electron chi connectivity index (χ0n) is 11.2. The molecule has 0 amide bonds. The molecule has 1 atom stereocenters. The topological polar surface area (TPSA) is 24.9 Å². The van der Waals surface area contributed by atoms with E-state index in [0.29, 0.717) is 0 Å². The summed E-state index contributed by atoms with van der Waals surface area (Å²) in [4.78, 5) is 4.30. The summed E-state index contributed by atoms with van der Waals surface area (Å²) in [6.07, 6.45) is 3.69. The number of hydrogen-bond donors (Lipinski definition) is 1.